The molecule has 2 aromatic carbocycles. The number of carbonyl (C=O) groups is 1. The Morgan fingerprint density at radius 1 is 1.14 bits per heavy atom. The Morgan fingerprint density at radius 2 is 1.90 bits per heavy atom. The van der Waals surface area contributed by atoms with Crippen molar-refractivity contribution in [2.45, 2.75) is 4.90 Å². The molecule has 1 N–H and O–H groups in total. The van der Waals surface area contributed by atoms with Crippen molar-refractivity contribution in [3.63, 3.8) is 0 Å². The van der Waals surface area contributed by atoms with E-state index in [0.717, 1.165) is 0 Å². The van der Waals surface area contributed by atoms with Crippen molar-refractivity contribution in [3.8, 4) is 0 Å². The highest BCUT2D eigenvalue weighted by Gasteiger charge is 2.26. The number of ether oxygens (including phenoxy) is 1. The van der Waals surface area contributed by atoms with Gasteiger partial charge in [-0.1, -0.05) is 34.5 Å². The molecule has 0 spiro atoms. The lowest BCUT2D eigenvalue weighted by Gasteiger charge is -2.25. The van der Waals surface area contributed by atoms with Crippen LogP contribution in [-0.4, -0.2) is 49.9 Å². The van der Waals surface area contributed by atoms with Crippen molar-refractivity contribution in [2.24, 2.45) is 0 Å². The molecule has 1 saturated heterocycles. The Morgan fingerprint density at radius 3 is 2.62 bits per heavy atom. The molecule has 1 aliphatic heterocycles. The Hall–Kier alpha value is -1.75. The van der Waals surface area contributed by atoms with Gasteiger partial charge < -0.3 is 4.74 Å². The van der Waals surface area contributed by atoms with Gasteiger partial charge in [-0.05, 0) is 36.4 Å². The number of nitrogens with zero attached hydrogens (tertiary/aromatic N) is 2. The molecule has 11 heteroatoms. The molecule has 2 heterocycles. The summed E-state index contributed by atoms with van der Waals surface area (Å²) in [5, 5.41) is 3.70. The smallest absolute Gasteiger partial charge is 0.258 e. The fourth-order valence-electron chi connectivity index (χ4n) is 2.89. The third-order valence-electron chi connectivity index (χ3n) is 4.36. The van der Waals surface area contributed by atoms with E-state index in [1.54, 1.807) is 18.2 Å². The van der Waals surface area contributed by atoms with Crippen molar-refractivity contribution < 1.29 is 17.9 Å². The van der Waals surface area contributed by atoms with Crippen LogP contribution in [0.2, 0.25) is 10.0 Å². The fourth-order valence-corrected chi connectivity index (χ4v) is 5.80. The van der Waals surface area contributed by atoms with Gasteiger partial charge in [0, 0.05) is 18.1 Å². The highest BCUT2D eigenvalue weighted by molar-refractivity contribution is 7.89. The number of morpholine rings is 1. The normalized spacial score (nSPS) is 15.5. The van der Waals surface area contributed by atoms with E-state index in [4.69, 9.17) is 27.9 Å². The van der Waals surface area contributed by atoms with Gasteiger partial charge in [-0.15, -0.1) is 0 Å². The van der Waals surface area contributed by atoms with Gasteiger partial charge in [-0.25, -0.2) is 13.4 Å². The molecule has 29 heavy (non-hydrogen) atoms. The number of thiazole rings is 1. The summed E-state index contributed by atoms with van der Waals surface area (Å²) in [5.74, 6) is -0.424. The molecule has 0 saturated carbocycles. The van der Waals surface area contributed by atoms with E-state index in [0.29, 0.717) is 46.7 Å². The number of carbonyl (C=O) groups excluding carboxylic acids is 1. The lowest BCUT2D eigenvalue weighted by Crippen LogP contribution is -2.40. The van der Waals surface area contributed by atoms with Crippen LogP contribution in [0, 0.1) is 0 Å². The molecule has 1 fully saturated rings. The third kappa shape index (κ3) is 4.25. The Balaban J connectivity index is 1.59. The second kappa shape index (κ2) is 8.17. The van der Waals surface area contributed by atoms with Gasteiger partial charge in [-0.3, -0.25) is 10.1 Å². The second-order valence-corrected chi connectivity index (χ2v) is 10.1. The summed E-state index contributed by atoms with van der Waals surface area (Å²) >= 11 is 13.1. The molecule has 0 unspecified atom stereocenters. The van der Waals surface area contributed by atoms with Crippen LogP contribution in [0.15, 0.2) is 41.3 Å². The van der Waals surface area contributed by atoms with Crippen molar-refractivity contribution >= 4 is 65.8 Å². The van der Waals surface area contributed by atoms with E-state index in [1.807, 2.05) is 0 Å². The van der Waals surface area contributed by atoms with Gasteiger partial charge in [0.25, 0.3) is 5.91 Å². The van der Waals surface area contributed by atoms with E-state index < -0.39 is 15.9 Å². The number of aromatic nitrogens is 1. The summed E-state index contributed by atoms with van der Waals surface area (Å²) in [6.45, 7) is 1.41. The van der Waals surface area contributed by atoms with Crippen LogP contribution >= 0.6 is 34.5 Å². The highest BCUT2D eigenvalue weighted by atomic mass is 35.5. The molecule has 1 amide bonds. The van der Waals surface area contributed by atoms with Crippen LogP contribution in [0.3, 0.4) is 0 Å². The van der Waals surface area contributed by atoms with E-state index in [1.165, 1.54) is 33.8 Å². The largest absolute Gasteiger partial charge is 0.379 e. The van der Waals surface area contributed by atoms with Crippen LogP contribution in [-0.2, 0) is 14.8 Å². The number of fused-ring (bicyclic) bond motifs is 1. The first-order valence-corrected chi connectivity index (χ1v) is 11.6. The molecule has 1 aliphatic rings. The van der Waals surface area contributed by atoms with Gasteiger partial charge in [0.05, 0.1) is 38.9 Å². The summed E-state index contributed by atoms with van der Waals surface area (Å²) in [4.78, 5) is 17.0. The number of hydrogen-bond donors (Lipinski definition) is 1. The maximum absolute atomic E-state index is 12.8. The molecule has 0 aliphatic carbocycles. The van der Waals surface area contributed by atoms with E-state index in [-0.39, 0.29) is 15.5 Å². The quantitative estimate of drug-likeness (QED) is 0.623. The van der Waals surface area contributed by atoms with Crippen LogP contribution in [0.4, 0.5) is 5.13 Å². The predicted octanol–water partition coefficient (Wildman–Crippen LogP) is 3.88. The molecule has 152 valence electrons. The maximum Gasteiger partial charge on any atom is 0.258 e. The maximum atomic E-state index is 12.8. The molecular weight excluding hydrogens is 457 g/mol. The first kappa shape index (κ1) is 20.5. The van der Waals surface area contributed by atoms with Crippen molar-refractivity contribution in [1.82, 2.24) is 9.29 Å². The minimum Gasteiger partial charge on any atom is -0.379 e. The average molecular weight is 472 g/mol. The number of rotatable bonds is 4. The summed E-state index contributed by atoms with van der Waals surface area (Å²) in [6.07, 6.45) is 0. The standard InChI is InChI=1S/C18H15Cl2N3O4S2/c19-11-1-3-13(14(20)9-11)17(24)22-18-21-15-4-2-12(10-16(15)28-18)29(25,26)23-5-7-27-8-6-23/h1-4,9-10H,5-8H2,(H,21,22,24). The van der Waals surface area contributed by atoms with Crippen molar-refractivity contribution in [3.05, 3.63) is 52.0 Å². The van der Waals surface area contributed by atoms with E-state index in [9.17, 15) is 13.2 Å². The summed E-state index contributed by atoms with van der Waals surface area (Å²) in [5.41, 5.74) is 0.860. The zero-order chi connectivity index (χ0) is 20.6. The second-order valence-electron chi connectivity index (χ2n) is 6.24. The topological polar surface area (TPSA) is 88.6 Å². The molecule has 0 bridgehead atoms. The van der Waals surface area contributed by atoms with Gasteiger partial charge in [0.15, 0.2) is 5.13 Å². The van der Waals surface area contributed by atoms with Crippen LogP contribution in [0.1, 0.15) is 10.4 Å². The highest BCUT2D eigenvalue weighted by Crippen LogP contribution is 2.30. The monoisotopic (exact) mass is 471 g/mol. The van der Waals surface area contributed by atoms with Gasteiger partial charge in [0.2, 0.25) is 10.0 Å². The first-order chi connectivity index (χ1) is 13.8. The molecule has 3 aromatic rings. The summed E-state index contributed by atoms with van der Waals surface area (Å²) < 4.78 is 32.9. The number of sulfonamides is 1. The van der Waals surface area contributed by atoms with Gasteiger partial charge in [0.1, 0.15) is 0 Å². The summed E-state index contributed by atoms with van der Waals surface area (Å²) in [6, 6.07) is 9.31. The number of halogens is 2. The molecular formula is C18H15Cl2N3O4S2. The van der Waals surface area contributed by atoms with Gasteiger partial charge in [-0.2, -0.15) is 4.31 Å². The number of amides is 1. The van der Waals surface area contributed by atoms with E-state index >= 15 is 0 Å². The average Bonchev–Trinajstić information content (AvgIpc) is 3.09. The SMILES string of the molecule is O=C(Nc1nc2ccc(S(=O)(=O)N3CCOCC3)cc2s1)c1ccc(Cl)cc1Cl. The number of nitrogens with one attached hydrogen (secondary N) is 1. The van der Waals surface area contributed by atoms with Crippen molar-refractivity contribution in [1.29, 1.82) is 0 Å². The predicted molar refractivity (Wildman–Crippen MR) is 114 cm³/mol. The minimum absolute atomic E-state index is 0.189. The zero-order valence-electron chi connectivity index (χ0n) is 14.9. The first-order valence-electron chi connectivity index (χ1n) is 8.59. The lowest BCUT2D eigenvalue weighted by atomic mass is 10.2. The molecule has 0 radical (unpaired) electrons. The van der Waals surface area contributed by atoms with Gasteiger partial charge >= 0.3 is 0 Å². The lowest BCUT2D eigenvalue weighted by molar-refractivity contribution is 0.0730. The van der Waals surface area contributed by atoms with Crippen LogP contribution in [0.25, 0.3) is 10.2 Å². The van der Waals surface area contributed by atoms with E-state index in [2.05, 4.69) is 10.3 Å². The number of hydrogen-bond acceptors (Lipinski definition) is 6. The summed E-state index contributed by atoms with van der Waals surface area (Å²) in [7, 11) is -3.61. The number of anilines is 1. The zero-order valence-corrected chi connectivity index (χ0v) is 18.0. The van der Waals surface area contributed by atoms with Crippen molar-refractivity contribution in [2.75, 3.05) is 31.6 Å². The van der Waals surface area contributed by atoms with Crippen LogP contribution in [0.5, 0.6) is 0 Å². The molecule has 1 aromatic heterocycles. The van der Waals surface area contributed by atoms with Crippen LogP contribution < -0.4 is 5.32 Å². The fraction of sp³-hybridized carbons (Fsp3) is 0.222. The third-order valence-corrected chi connectivity index (χ3v) is 7.74. The number of benzene rings is 2. The Bertz CT molecular complexity index is 1190. The Kier molecular flexibility index (Phi) is 5.78. The molecule has 0 atom stereocenters. The molecule has 7 nitrogen and oxygen atoms in total. The molecule has 4 rings (SSSR count). The Labute approximate surface area is 181 Å². The minimum atomic E-state index is -3.61.